The minimum atomic E-state index is -0.478. The fourth-order valence-electron chi connectivity index (χ4n) is 2.79. The predicted octanol–water partition coefficient (Wildman–Crippen LogP) is 4.12. The minimum absolute atomic E-state index is 0.0703. The zero-order valence-corrected chi connectivity index (χ0v) is 16.0. The summed E-state index contributed by atoms with van der Waals surface area (Å²) in [6.45, 7) is 1.55. The highest BCUT2D eigenvalue weighted by Gasteiger charge is 2.16. The Morgan fingerprint density at radius 2 is 1.97 bits per heavy atom. The van der Waals surface area contributed by atoms with E-state index >= 15 is 0 Å². The highest BCUT2D eigenvalue weighted by Crippen LogP contribution is 2.34. The molecular weight excluding hydrogens is 376 g/mol. The molecule has 1 unspecified atom stereocenters. The molecule has 0 saturated heterocycles. The van der Waals surface area contributed by atoms with Crippen LogP contribution in [0.3, 0.4) is 0 Å². The lowest BCUT2D eigenvalue weighted by molar-refractivity contribution is -0.384. The molecule has 3 rings (SSSR count). The maximum atomic E-state index is 12.2. The van der Waals surface area contributed by atoms with Crippen LogP contribution in [0.4, 0.5) is 5.69 Å². The van der Waals surface area contributed by atoms with Gasteiger partial charge < -0.3 is 19.2 Å². The van der Waals surface area contributed by atoms with Crippen molar-refractivity contribution in [1.29, 1.82) is 0 Å². The number of hydrogen-bond acceptors (Lipinski definition) is 6. The van der Waals surface area contributed by atoms with Gasteiger partial charge in [-0.1, -0.05) is 12.1 Å². The van der Waals surface area contributed by atoms with Crippen LogP contribution < -0.4 is 14.8 Å². The van der Waals surface area contributed by atoms with Crippen LogP contribution in [0, 0.1) is 10.1 Å². The van der Waals surface area contributed by atoms with Crippen LogP contribution in [0.5, 0.6) is 11.5 Å². The van der Waals surface area contributed by atoms with Crippen LogP contribution in [0.2, 0.25) is 0 Å². The van der Waals surface area contributed by atoms with E-state index in [1.165, 1.54) is 24.5 Å². The molecule has 1 atom stereocenters. The Morgan fingerprint density at radius 3 is 2.59 bits per heavy atom. The molecule has 0 saturated carbocycles. The van der Waals surface area contributed by atoms with E-state index < -0.39 is 4.92 Å². The van der Waals surface area contributed by atoms with E-state index in [2.05, 4.69) is 5.32 Å². The predicted molar refractivity (Wildman–Crippen MR) is 106 cm³/mol. The Balaban J connectivity index is 1.77. The molecule has 0 aliphatic rings. The number of nitro benzene ring substituents is 1. The molecule has 0 radical (unpaired) electrons. The number of amides is 1. The van der Waals surface area contributed by atoms with Gasteiger partial charge in [0.2, 0.25) is 0 Å². The van der Waals surface area contributed by atoms with Crippen LogP contribution in [0.25, 0.3) is 11.1 Å². The molecule has 0 bridgehead atoms. The monoisotopic (exact) mass is 396 g/mol. The first kappa shape index (κ1) is 19.9. The van der Waals surface area contributed by atoms with E-state index in [1.54, 1.807) is 50.4 Å². The van der Waals surface area contributed by atoms with Gasteiger partial charge >= 0.3 is 0 Å². The van der Waals surface area contributed by atoms with Crippen molar-refractivity contribution in [3.05, 3.63) is 76.7 Å². The number of carbonyl (C=O) groups is 1. The Kier molecular flexibility index (Phi) is 6.13. The van der Waals surface area contributed by atoms with Crippen molar-refractivity contribution in [2.45, 2.75) is 13.0 Å². The lowest BCUT2D eigenvalue weighted by Gasteiger charge is -2.14. The van der Waals surface area contributed by atoms with Crippen molar-refractivity contribution in [3.8, 4) is 22.6 Å². The van der Waals surface area contributed by atoms with Crippen molar-refractivity contribution < 1.29 is 23.6 Å². The fraction of sp³-hybridized carbons (Fsp3) is 0.190. The van der Waals surface area contributed by atoms with E-state index in [0.29, 0.717) is 28.4 Å². The topological polar surface area (TPSA) is 104 Å². The molecule has 0 spiro atoms. The molecule has 0 aliphatic carbocycles. The molecule has 8 heteroatoms. The second-order valence-corrected chi connectivity index (χ2v) is 6.26. The Labute approximate surface area is 167 Å². The summed E-state index contributed by atoms with van der Waals surface area (Å²) < 4.78 is 16.1. The van der Waals surface area contributed by atoms with Gasteiger partial charge in [0.05, 0.1) is 24.3 Å². The third-order valence-corrected chi connectivity index (χ3v) is 4.28. The molecule has 1 heterocycles. The third kappa shape index (κ3) is 4.92. The van der Waals surface area contributed by atoms with Crippen LogP contribution in [0.15, 0.2) is 65.3 Å². The second-order valence-electron chi connectivity index (χ2n) is 6.26. The molecule has 0 aliphatic heterocycles. The highest BCUT2D eigenvalue weighted by atomic mass is 16.6. The molecular formula is C21H20N2O6. The lowest BCUT2D eigenvalue weighted by atomic mass is 10.0. The molecule has 0 fully saturated rings. The summed E-state index contributed by atoms with van der Waals surface area (Å²) in [4.78, 5) is 22.9. The fourth-order valence-corrected chi connectivity index (χ4v) is 2.79. The van der Waals surface area contributed by atoms with E-state index in [9.17, 15) is 14.9 Å². The summed E-state index contributed by atoms with van der Waals surface area (Å²) in [5.74, 6) is 1.31. The van der Waals surface area contributed by atoms with Gasteiger partial charge in [-0.2, -0.15) is 0 Å². The lowest BCUT2D eigenvalue weighted by Crippen LogP contribution is -2.31. The Bertz CT molecular complexity index is 983. The first-order chi connectivity index (χ1) is 14.0. The summed E-state index contributed by atoms with van der Waals surface area (Å²) in [6.07, 6.45) is 1.53. The first-order valence-corrected chi connectivity index (χ1v) is 8.86. The third-order valence-electron chi connectivity index (χ3n) is 4.28. The first-order valence-electron chi connectivity index (χ1n) is 8.86. The summed E-state index contributed by atoms with van der Waals surface area (Å²) in [6, 6.07) is 14.5. The van der Waals surface area contributed by atoms with Crippen molar-refractivity contribution in [2.75, 3.05) is 13.7 Å². The largest absolute Gasteiger partial charge is 0.497 e. The molecule has 8 nitrogen and oxygen atoms in total. The number of benzene rings is 2. The van der Waals surface area contributed by atoms with Gasteiger partial charge in [0.1, 0.15) is 17.3 Å². The molecule has 150 valence electrons. The normalized spacial score (nSPS) is 11.5. The van der Waals surface area contributed by atoms with Crippen molar-refractivity contribution in [1.82, 2.24) is 5.32 Å². The van der Waals surface area contributed by atoms with E-state index in [1.807, 2.05) is 0 Å². The summed E-state index contributed by atoms with van der Waals surface area (Å²) >= 11 is 0. The standard InChI is InChI=1S/C21H20N2O6/c1-14(19-4-3-11-28-19)22-21(24)13-29-20-10-7-16(23(25)26)12-18(20)15-5-8-17(27-2)9-6-15/h3-12,14H,13H2,1-2H3,(H,22,24). The average Bonchev–Trinajstić information content (AvgIpc) is 3.27. The number of furan rings is 1. The van der Waals surface area contributed by atoms with Gasteiger partial charge in [0.25, 0.3) is 11.6 Å². The number of carbonyl (C=O) groups excluding carboxylic acids is 1. The maximum absolute atomic E-state index is 12.2. The Hall–Kier alpha value is -3.81. The number of nitro groups is 1. The molecule has 3 aromatic rings. The number of rotatable bonds is 8. The average molecular weight is 396 g/mol. The smallest absolute Gasteiger partial charge is 0.270 e. The highest BCUT2D eigenvalue weighted by molar-refractivity contribution is 5.79. The quantitative estimate of drug-likeness (QED) is 0.454. The van der Waals surface area contributed by atoms with Gasteiger partial charge in [-0.25, -0.2) is 0 Å². The number of non-ortho nitro benzene ring substituents is 1. The molecule has 1 amide bonds. The number of methoxy groups -OCH3 is 1. The van der Waals surface area contributed by atoms with E-state index in [4.69, 9.17) is 13.9 Å². The molecule has 29 heavy (non-hydrogen) atoms. The van der Waals surface area contributed by atoms with Crippen LogP contribution >= 0.6 is 0 Å². The maximum Gasteiger partial charge on any atom is 0.270 e. The zero-order chi connectivity index (χ0) is 20.8. The number of nitrogens with zero attached hydrogens (tertiary/aromatic N) is 1. The van der Waals surface area contributed by atoms with Gasteiger partial charge in [0, 0.05) is 17.7 Å². The van der Waals surface area contributed by atoms with Crippen molar-refractivity contribution in [3.63, 3.8) is 0 Å². The van der Waals surface area contributed by atoms with Crippen LogP contribution in [0.1, 0.15) is 18.7 Å². The number of ether oxygens (including phenoxy) is 2. The zero-order valence-electron chi connectivity index (χ0n) is 16.0. The SMILES string of the molecule is COc1ccc(-c2cc([N+](=O)[O-])ccc2OCC(=O)NC(C)c2ccco2)cc1. The summed E-state index contributed by atoms with van der Waals surface area (Å²) in [5.41, 5.74) is 1.14. The van der Waals surface area contributed by atoms with Gasteiger partial charge in [-0.05, 0) is 42.8 Å². The number of nitrogens with one attached hydrogen (secondary N) is 1. The minimum Gasteiger partial charge on any atom is -0.497 e. The van der Waals surface area contributed by atoms with Gasteiger partial charge in [-0.3, -0.25) is 14.9 Å². The van der Waals surface area contributed by atoms with E-state index in [-0.39, 0.29) is 24.2 Å². The molecule has 1 N–H and O–H groups in total. The Morgan fingerprint density at radius 1 is 1.21 bits per heavy atom. The molecule has 2 aromatic carbocycles. The summed E-state index contributed by atoms with van der Waals surface area (Å²) in [7, 11) is 1.55. The second kappa shape index (κ2) is 8.92. The number of hydrogen-bond donors (Lipinski definition) is 1. The van der Waals surface area contributed by atoms with Crippen molar-refractivity contribution >= 4 is 11.6 Å². The van der Waals surface area contributed by atoms with Gasteiger partial charge in [0.15, 0.2) is 6.61 Å². The van der Waals surface area contributed by atoms with Crippen LogP contribution in [-0.2, 0) is 4.79 Å². The van der Waals surface area contributed by atoms with Crippen LogP contribution in [-0.4, -0.2) is 24.5 Å². The summed E-state index contributed by atoms with van der Waals surface area (Å²) in [5, 5.41) is 13.9. The van der Waals surface area contributed by atoms with Gasteiger partial charge in [-0.15, -0.1) is 0 Å². The van der Waals surface area contributed by atoms with E-state index in [0.717, 1.165) is 0 Å². The van der Waals surface area contributed by atoms with Crippen molar-refractivity contribution in [2.24, 2.45) is 0 Å². The molecule has 1 aromatic heterocycles.